The molecule has 0 saturated carbocycles. The van der Waals surface area contributed by atoms with Crippen molar-refractivity contribution >= 4 is 40.5 Å². The van der Waals surface area contributed by atoms with Crippen molar-refractivity contribution in [2.45, 2.75) is 6.92 Å². The van der Waals surface area contributed by atoms with Crippen LogP contribution in [0.3, 0.4) is 0 Å². The van der Waals surface area contributed by atoms with Crippen LogP contribution in [0.15, 0.2) is 36.4 Å². The minimum absolute atomic E-state index is 0.133. The van der Waals surface area contributed by atoms with Gasteiger partial charge in [-0.15, -0.1) is 0 Å². The number of amides is 1. The highest BCUT2D eigenvalue weighted by Crippen LogP contribution is 2.26. The number of hydrogen-bond acceptors (Lipinski definition) is 3. The van der Waals surface area contributed by atoms with Gasteiger partial charge in [-0.25, -0.2) is 0 Å². The predicted molar refractivity (Wildman–Crippen MR) is 86.2 cm³/mol. The maximum absolute atomic E-state index is 11.9. The molecule has 1 amide bonds. The minimum atomic E-state index is -0.283. The van der Waals surface area contributed by atoms with Gasteiger partial charge in [-0.2, -0.15) is 0 Å². The molecule has 2 aromatic rings. The van der Waals surface area contributed by atoms with Gasteiger partial charge in [0, 0.05) is 17.4 Å². The number of ether oxygens (including phenoxy) is 1. The van der Waals surface area contributed by atoms with Gasteiger partial charge < -0.3 is 15.8 Å². The molecule has 0 aliphatic heterocycles. The fraction of sp³-hybridized carbons (Fsp3) is 0.133. The normalized spacial score (nSPS) is 10.2. The van der Waals surface area contributed by atoms with Gasteiger partial charge in [0.1, 0.15) is 5.75 Å². The fourth-order valence-electron chi connectivity index (χ4n) is 1.69. The zero-order valence-electron chi connectivity index (χ0n) is 11.3. The van der Waals surface area contributed by atoms with Crippen LogP contribution in [0.4, 0.5) is 11.4 Å². The van der Waals surface area contributed by atoms with Crippen molar-refractivity contribution in [3.63, 3.8) is 0 Å². The molecule has 21 heavy (non-hydrogen) atoms. The van der Waals surface area contributed by atoms with Crippen molar-refractivity contribution in [2.75, 3.05) is 17.7 Å². The number of nitrogen functional groups attached to an aromatic ring is 1. The standard InChI is InChI=1S/C15H14Cl2N2O2/c1-9-13(18)3-2-4-14(9)19-15(20)8-21-10-5-6-11(16)12(17)7-10/h2-7H,8,18H2,1H3,(H,19,20). The highest BCUT2D eigenvalue weighted by atomic mass is 35.5. The molecular weight excluding hydrogens is 311 g/mol. The molecule has 2 aromatic carbocycles. The Bertz CT molecular complexity index is 675. The van der Waals surface area contributed by atoms with Crippen LogP contribution in [-0.2, 0) is 4.79 Å². The van der Waals surface area contributed by atoms with Crippen LogP contribution in [0.25, 0.3) is 0 Å². The number of nitrogens with two attached hydrogens (primary N) is 1. The molecule has 0 unspecified atom stereocenters. The molecule has 0 atom stereocenters. The van der Waals surface area contributed by atoms with Gasteiger partial charge in [-0.3, -0.25) is 4.79 Å². The van der Waals surface area contributed by atoms with E-state index in [1.807, 2.05) is 6.92 Å². The summed E-state index contributed by atoms with van der Waals surface area (Å²) in [6.07, 6.45) is 0. The first-order valence-corrected chi connectivity index (χ1v) is 6.96. The first-order chi connectivity index (χ1) is 9.97. The summed E-state index contributed by atoms with van der Waals surface area (Å²) in [6.45, 7) is 1.71. The summed E-state index contributed by atoms with van der Waals surface area (Å²) in [5, 5.41) is 3.55. The molecule has 0 aliphatic carbocycles. The molecular formula is C15H14Cl2N2O2. The van der Waals surface area contributed by atoms with E-state index in [1.54, 1.807) is 36.4 Å². The van der Waals surface area contributed by atoms with E-state index in [2.05, 4.69) is 5.32 Å². The van der Waals surface area contributed by atoms with Crippen molar-refractivity contribution in [3.8, 4) is 5.75 Å². The molecule has 2 rings (SSSR count). The van der Waals surface area contributed by atoms with E-state index in [0.717, 1.165) is 5.56 Å². The Morgan fingerprint density at radius 2 is 2.00 bits per heavy atom. The number of benzene rings is 2. The smallest absolute Gasteiger partial charge is 0.262 e. The molecule has 0 bridgehead atoms. The second kappa shape index (κ2) is 6.70. The van der Waals surface area contributed by atoms with Gasteiger partial charge in [0.05, 0.1) is 10.0 Å². The Labute approximate surface area is 132 Å². The number of carbonyl (C=O) groups is 1. The molecule has 6 heteroatoms. The number of hydrogen-bond donors (Lipinski definition) is 2. The summed E-state index contributed by atoms with van der Waals surface area (Å²) >= 11 is 11.7. The molecule has 110 valence electrons. The van der Waals surface area contributed by atoms with Crippen LogP contribution in [0, 0.1) is 6.92 Å². The number of nitrogens with one attached hydrogen (secondary N) is 1. The Balaban J connectivity index is 1.96. The topological polar surface area (TPSA) is 64.3 Å². The van der Waals surface area contributed by atoms with Gasteiger partial charge in [-0.1, -0.05) is 29.3 Å². The molecule has 0 saturated heterocycles. The van der Waals surface area contributed by atoms with Gasteiger partial charge >= 0.3 is 0 Å². The first-order valence-electron chi connectivity index (χ1n) is 6.20. The largest absolute Gasteiger partial charge is 0.484 e. The second-order valence-corrected chi connectivity index (χ2v) is 5.25. The van der Waals surface area contributed by atoms with E-state index in [-0.39, 0.29) is 12.5 Å². The van der Waals surface area contributed by atoms with E-state index < -0.39 is 0 Å². The second-order valence-electron chi connectivity index (χ2n) is 4.43. The Hall–Kier alpha value is -1.91. The third kappa shape index (κ3) is 4.03. The maximum Gasteiger partial charge on any atom is 0.262 e. The maximum atomic E-state index is 11.9. The lowest BCUT2D eigenvalue weighted by molar-refractivity contribution is -0.118. The van der Waals surface area contributed by atoms with Crippen molar-refractivity contribution in [1.82, 2.24) is 0 Å². The molecule has 3 N–H and O–H groups in total. The molecule has 0 fully saturated rings. The quantitative estimate of drug-likeness (QED) is 0.838. The lowest BCUT2D eigenvalue weighted by atomic mass is 10.1. The van der Waals surface area contributed by atoms with Crippen LogP contribution < -0.4 is 15.8 Å². The minimum Gasteiger partial charge on any atom is -0.484 e. The predicted octanol–water partition coefficient (Wildman–Crippen LogP) is 3.90. The van der Waals surface area contributed by atoms with Crippen molar-refractivity contribution in [1.29, 1.82) is 0 Å². The van der Waals surface area contributed by atoms with Gasteiger partial charge in [0.2, 0.25) is 0 Å². The SMILES string of the molecule is Cc1c(N)cccc1NC(=O)COc1ccc(Cl)c(Cl)c1. The molecule has 0 aromatic heterocycles. The Morgan fingerprint density at radius 1 is 1.24 bits per heavy atom. The van der Waals surface area contributed by atoms with Crippen molar-refractivity contribution in [3.05, 3.63) is 52.0 Å². The average molecular weight is 325 g/mol. The molecule has 0 heterocycles. The summed E-state index contributed by atoms with van der Waals surface area (Å²) in [5.74, 6) is 0.193. The third-order valence-electron chi connectivity index (χ3n) is 2.91. The zero-order valence-corrected chi connectivity index (χ0v) is 12.8. The summed E-state index contributed by atoms with van der Waals surface area (Å²) in [4.78, 5) is 11.9. The third-order valence-corrected chi connectivity index (χ3v) is 3.65. The summed E-state index contributed by atoms with van der Waals surface area (Å²) < 4.78 is 5.36. The summed E-state index contributed by atoms with van der Waals surface area (Å²) in [6, 6.07) is 10.1. The fourth-order valence-corrected chi connectivity index (χ4v) is 1.98. The number of halogens is 2. The number of carbonyl (C=O) groups excluding carboxylic acids is 1. The lowest BCUT2D eigenvalue weighted by Crippen LogP contribution is -2.20. The van der Waals surface area contributed by atoms with Crippen LogP contribution >= 0.6 is 23.2 Å². The molecule has 0 radical (unpaired) electrons. The monoisotopic (exact) mass is 324 g/mol. The van der Waals surface area contributed by atoms with Crippen LogP contribution in [-0.4, -0.2) is 12.5 Å². The number of anilines is 2. The molecule has 4 nitrogen and oxygen atoms in total. The van der Waals surface area contributed by atoms with E-state index in [9.17, 15) is 4.79 Å². The molecule has 0 spiro atoms. The first kappa shape index (κ1) is 15.5. The van der Waals surface area contributed by atoms with Crippen LogP contribution in [0.1, 0.15) is 5.56 Å². The highest BCUT2D eigenvalue weighted by Gasteiger charge is 2.08. The van der Waals surface area contributed by atoms with Gasteiger partial charge in [0.15, 0.2) is 6.61 Å². The number of rotatable bonds is 4. The van der Waals surface area contributed by atoms with Crippen molar-refractivity contribution < 1.29 is 9.53 Å². The van der Waals surface area contributed by atoms with E-state index in [1.165, 1.54) is 0 Å². The van der Waals surface area contributed by atoms with Crippen LogP contribution in [0.5, 0.6) is 5.75 Å². The summed E-state index contributed by atoms with van der Waals surface area (Å²) in [7, 11) is 0. The van der Waals surface area contributed by atoms with Gasteiger partial charge in [0.25, 0.3) is 5.91 Å². The van der Waals surface area contributed by atoms with E-state index >= 15 is 0 Å². The zero-order chi connectivity index (χ0) is 15.4. The highest BCUT2D eigenvalue weighted by molar-refractivity contribution is 6.42. The molecule has 0 aliphatic rings. The average Bonchev–Trinajstić information content (AvgIpc) is 2.45. The van der Waals surface area contributed by atoms with Crippen molar-refractivity contribution in [2.24, 2.45) is 0 Å². The Morgan fingerprint density at radius 3 is 2.71 bits per heavy atom. The van der Waals surface area contributed by atoms with E-state index in [0.29, 0.717) is 27.2 Å². The van der Waals surface area contributed by atoms with E-state index in [4.69, 9.17) is 33.7 Å². The Kier molecular flexibility index (Phi) is 4.94. The van der Waals surface area contributed by atoms with Crippen LogP contribution in [0.2, 0.25) is 10.0 Å². The lowest BCUT2D eigenvalue weighted by Gasteiger charge is -2.11. The summed E-state index contributed by atoms with van der Waals surface area (Å²) in [5.41, 5.74) is 7.89. The van der Waals surface area contributed by atoms with Gasteiger partial charge in [-0.05, 0) is 36.8 Å².